The number of carbonyl (C=O) groups excluding carboxylic acids is 1. The van der Waals surface area contributed by atoms with Gasteiger partial charge in [-0.05, 0) is 30.2 Å². The van der Waals surface area contributed by atoms with Crippen LogP contribution < -0.4 is 5.32 Å². The predicted molar refractivity (Wildman–Crippen MR) is 74.8 cm³/mol. The number of hydrogen-bond acceptors (Lipinski definition) is 5. The molecule has 7 nitrogen and oxygen atoms in total. The topological polar surface area (TPSA) is 105 Å². The van der Waals surface area contributed by atoms with E-state index in [1.165, 1.54) is 6.08 Å². The SMILES string of the molecule is Cc1nnc(NC(=O)c2cc(/C=C/C(=O)O)ccc2C)o1. The third kappa shape index (κ3) is 3.75. The van der Waals surface area contributed by atoms with Crippen molar-refractivity contribution in [2.45, 2.75) is 13.8 Å². The van der Waals surface area contributed by atoms with Crippen molar-refractivity contribution < 1.29 is 19.1 Å². The van der Waals surface area contributed by atoms with E-state index in [4.69, 9.17) is 9.52 Å². The first-order chi connectivity index (χ1) is 9.95. The molecule has 2 aromatic rings. The van der Waals surface area contributed by atoms with E-state index in [0.29, 0.717) is 17.0 Å². The number of carboxylic acids is 1. The Morgan fingerprint density at radius 3 is 2.67 bits per heavy atom. The summed E-state index contributed by atoms with van der Waals surface area (Å²) in [5.74, 6) is -1.11. The summed E-state index contributed by atoms with van der Waals surface area (Å²) < 4.78 is 5.08. The standard InChI is InChI=1S/C14H13N3O4/c1-8-3-4-10(5-6-12(18)19)7-11(8)13(20)15-14-17-16-9(2)21-14/h3-7H,1-2H3,(H,18,19)(H,15,17,20)/b6-5+. The minimum atomic E-state index is -1.05. The Kier molecular flexibility index (Phi) is 4.13. The number of hydrogen-bond donors (Lipinski definition) is 2. The van der Waals surface area contributed by atoms with E-state index in [2.05, 4.69) is 15.5 Å². The number of carboxylic acid groups (broad SMARTS) is 1. The highest BCUT2D eigenvalue weighted by Crippen LogP contribution is 2.15. The second kappa shape index (κ2) is 6.00. The van der Waals surface area contributed by atoms with Gasteiger partial charge in [-0.25, -0.2) is 4.79 Å². The zero-order valence-electron chi connectivity index (χ0n) is 11.5. The van der Waals surface area contributed by atoms with Gasteiger partial charge in [0.15, 0.2) is 0 Å². The molecule has 21 heavy (non-hydrogen) atoms. The summed E-state index contributed by atoms with van der Waals surface area (Å²) in [6.07, 6.45) is 2.42. The number of aryl methyl sites for hydroxylation is 2. The molecule has 0 aliphatic rings. The molecule has 0 saturated carbocycles. The first-order valence-corrected chi connectivity index (χ1v) is 6.09. The molecule has 108 valence electrons. The Labute approximate surface area is 120 Å². The quantitative estimate of drug-likeness (QED) is 0.833. The van der Waals surface area contributed by atoms with Crippen LogP contribution in [0.3, 0.4) is 0 Å². The van der Waals surface area contributed by atoms with Gasteiger partial charge in [-0.15, -0.1) is 5.10 Å². The molecule has 0 aliphatic carbocycles. The van der Waals surface area contributed by atoms with Crippen LogP contribution in [0.4, 0.5) is 6.01 Å². The lowest BCUT2D eigenvalue weighted by Gasteiger charge is -2.06. The number of aliphatic carboxylic acids is 1. The van der Waals surface area contributed by atoms with Gasteiger partial charge in [-0.1, -0.05) is 17.2 Å². The van der Waals surface area contributed by atoms with Crippen molar-refractivity contribution in [3.8, 4) is 0 Å². The number of benzene rings is 1. The third-order valence-electron chi connectivity index (χ3n) is 2.67. The fourth-order valence-corrected chi connectivity index (χ4v) is 1.67. The Morgan fingerprint density at radius 1 is 1.29 bits per heavy atom. The molecule has 0 radical (unpaired) electrons. The van der Waals surface area contributed by atoms with Gasteiger partial charge in [0.25, 0.3) is 5.91 Å². The summed E-state index contributed by atoms with van der Waals surface area (Å²) in [6.45, 7) is 3.39. The van der Waals surface area contributed by atoms with Crippen LogP contribution in [0.1, 0.15) is 27.4 Å². The van der Waals surface area contributed by atoms with E-state index in [0.717, 1.165) is 11.6 Å². The summed E-state index contributed by atoms with van der Waals surface area (Å²) in [7, 11) is 0. The highest BCUT2D eigenvalue weighted by Gasteiger charge is 2.13. The molecular weight excluding hydrogens is 274 g/mol. The summed E-state index contributed by atoms with van der Waals surface area (Å²) in [6, 6.07) is 5.06. The number of aromatic nitrogens is 2. The lowest BCUT2D eigenvalue weighted by Crippen LogP contribution is -2.13. The maximum absolute atomic E-state index is 12.2. The zero-order valence-corrected chi connectivity index (χ0v) is 11.5. The van der Waals surface area contributed by atoms with Gasteiger partial charge in [-0.3, -0.25) is 10.1 Å². The lowest BCUT2D eigenvalue weighted by atomic mass is 10.0. The summed E-state index contributed by atoms with van der Waals surface area (Å²) in [5.41, 5.74) is 1.75. The average molecular weight is 287 g/mol. The Balaban J connectivity index is 2.23. The summed E-state index contributed by atoms with van der Waals surface area (Å²) in [5, 5.41) is 18.4. The smallest absolute Gasteiger partial charge is 0.328 e. The fourth-order valence-electron chi connectivity index (χ4n) is 1.67. The minimum Gasteiger partial charge on any atom is -0.478 e. The summed E-state index contributed by atoms with van der Waals surface area (Å²) in [4.78, 5) is 22.7. The molecular formula is C14H13N3O4. The number of amides is 1. The van der Waals surface area contributed by atoms with Gasteiger partial charge < -0.3 is 9.52 Å². The van der Waals surface area contributed by atoms with Crippen LogP contribution in [0, 0.1) is 13.8 Å². The average Bonchev–Trinajstić information content (AvgIpc) is 2.83. The monoisotopic (exact) mass is 287 g/mol. The van der Waals surface area contributed by atoms with E-state index in [1.54, 1.807) is 32.0 Å². The van der Waals surface area contributed by atoms with Crippen molar-refractivity contribution in [2.75, 3.05) is 5.32 Å². The van der Waals surface area contributed by atoms with Crippen molar-refractivity contribution in [1.82, 2.24) is 10.2 Å². The second-order valence-corrected chi connectivity index (χ2v) is 4.33. The van der Waals surface area contributed by atoms with E-state index < -0.39 is 11.9 Å². The molecule has 0 aliphatic heterocycles. The molecule has 2 rings (SSSR count). The van der Waals surface area contributed by atoms with Crippen LogP contribution in [-0.4, -0.2) is 27.2 Å². The normalized spacial score (nSPS) is 10.8. The summed E-state index contributed by atoms with van der Waals surface area (Å²) >= 11 is 0. The van der Waals surface area contributed by atoms with Crippen LogP contribution in [0.15, 0.2) is 28.7 Å². The maximum atomic E-state index is 12.2. The molecule has 0 unspecified atom stereocenters. The fraction of sp³-hybridized carbons (Fsp3) is 0.143. The van der Waals surface area contributed by atoms with Crippen LogP contribution in [0.5, 0.6) is 0 Å². The number of carbonyl (C=O) groups is 2. The van der Waals surface area contributed by atoms with Crippen LogP contribution in [0.25, 0.3) is 6.08 Å². The van der Waals surface area contributed by atoms with Crippen molar-refractivity contribution in [3.63, 3.8) is 0 Å². The molecule has 0 atom stereocenters. The Hall–Kier alpha value is -2.96. The van der Waals surface area contributed by atoms with Crippen LogP contribution in [0.2, 0.25) is 0 Å². The largest absolute Gasteiger partial charge is 0.478 e. The van der Waals surface area contributed by atoms with Crippen LogP contribution in [-0.2, 0) is 4.79 Å². The number of anilines is 1. The second-order valence-electron chi connectivity index (χ2n) is 4.33. The van der Waals surface area contributed by atoms with Gasteiger partial charge in [0, 0.05) is 18.6 Å². The first-order valence-electron chi connectivity index (χ1n) is 6.09. The first kappa shape index (κ1) is 14.4. The van der Waals surface area contributed by atoms with E-state index in [1.807, 2.05) is 0 Å². The van der Waals surface area contributed by atoms with Crippen molar-refractivity contribution >= 4 is 24.0 Å². The third-order valence-corrected chi connectivity index (χ3v) is 2.67. The molecule has 0 saturated heterocycles. The van der Waals surface area contributed by atoms with Crippen molar-refractivity contribution in [3.05, 3.63) is 46.9 Å². The van der Waals surface area contributed by atoms with Gasteiger partial charge >= 0.3 is 12.0 Å². The van der Waals surface area contributed by atoms with Crippen molar-refractivity contribution in [1.29, 1.82) is 0 Å². The lowest BCUT2D eigenvalue weighted by molar-refractivity contribution is -0.131. The van der Waals surface area contributed by atoms with Crippen molar-refractivity contribution in [2.24, 2.45) is 0 Å². The maximum Gasteiger partial charge on any atom is 0.328 e. The molecule has 7 heteroatoms. The molecule has 1 aromatic carbocycles. The molecule has 1 amide bonds. The van der Waals surface area contributed by atoms with Gasteiger partial charge in [0.1, 0.15) is 0 Å². The minimum absolute atomic E-state index is 0.0170. The van der Waals surface area contributed by atoms with Gasteiger partial charge in [0.2, 0.25) is 5.89 Å². The molecule has 0 bridgehead atoms. The molecule has 2 N–H and O–H groups in total. The predicted octanol–water partition coefficient (Wildman–Crippen LogP) is 2.04. The van der Waals surface area contributed by atoms with Crippen LogP contribution >= 0.6 is 0 Å². The van der Waals surface area contributed by atoms with Gasteiger partial charge in [-0.2, -0.15) is 0 Å². The zero-order chi connectivity index (χ0) is 15.4. The van der Waals surface area contributed by atoms with E-state index in [-0.39, 0.29) is 6.01 Å². The highest BCUT2D eigenvalue weighted by atomic mass is 16.4. The molecule has 1 heterocycles. The number of rotatable bonds is 4. The molecule has 0 fully saturated rings. The van der Waals surface area contributed by atoms with Gasteiger partial charge in [0.05, 0.1) is 0 Å². The Morgan fingerprint density at radius 2 is 2.05 bits per heavy atom. The number of nitrogens with zero attached hydrogens (tertiary/aromatic N) is 2. The molecule has 0 spiro atoms. The molecule has 1 aromatic heterocycles. The number of nitrogens with one attached hydrogen (secondary N) is 1. The van der Waals surface area contributed by atoms with E-state index in [9.17, 15) is 9.59 Å². The Bertz CT molecular complexity index is 719. The van der Waals surface area contributed by atoms with E-state index >= 15 is 0 Å². The highest BCUT2D eigenvalue weighted by molar-refractivity contribution is 6.04.